The van der Waals surface area contributed by atoms with Gasteiger partial charge in [-0.05, 0) is 30.5 Å². The zero-order valence-corrected chi connectivity index (χ0v) is 17.1. The molecule has 0 saturated heterocycles. The highest BCUT2D eigenvalue weighted by Gasteiger charge is 2.13. The monoisotopic (exact) mass is 392 g/mol. The average Bonchev–Trinajstić information content (AvgIpc) is 3.10. The van der Waals surface area contributed by atoms with Crippen LogP contribution in [-0.4, -0.2) is 30.8 Å². The van der Waals surface area contributed by atoms with Gasteiger partial charge in [-0.25, -0.2) is 14.5 Å². The number of benzene rings is 1. The summed E-state index contributed by atoms with van der Waals surface area (Å²) in [7, 11) is 0. The first-order valence-electron chi connectivity index (χ1n) is 10.3. The van der Waals surface area contributed by atoms with Crippen molar-refractivity contribution in [1.82, 2.24) is 19.7 Å². The molecule has 1 aromatic carbocycles. The maximum atomic E-state index is 11.5. The van der Waals surface area contributed by atoms with E-state index in [1.165, 1.54) is 12.8 Å². The molecule has 0 amide bonds. The fraction of sp³-hybridized carbons (Fsp3) is 0.391. The molecule has 1 N–H and O–H groups in total. The molecule has 0 spiro atoms. The number of aryl methyl sites for hydroxylation is 2. The van der Waals surface area contributed by atoms with Crippen LogP contribution in [0.2, 0.25) is 0 Å². The van der Waals surface area contributed by atoms with E-state index in [-0.39, 0.29) is 5.56 Å². The molecule has 3 rings (SSSR count). The number of hydrogen-bond donors (Lipinski definition) is 1. The predicted octanol–water partition coefficient (Wildman–Crippen LogP) is 4.77. The maximum Gasteiger partial charge on any atom is 0.336 e. The first kappa shape index (κ1) is 20.7. The number of rotatable bonds is 10. The summed E-state index contributed by atoms with van der Waals surface area (Å²) in [4.78, 5) is 20.7. The van der Waals surface area contributed by atoms with Crippen molar-refractivity contribution in [3.8, 4) is 11.3 Å². The zero-order chi connectivity index (χ0) is 20.6. The molecule has 152 valence electrons. The lowest BCUT2D eigenvalue weighted by molar-refractivity contribution is 0.0697. The minimum Gasteiger partial charge on any atom is -0.478 e. The lowest BCUT2D eigenvalue weighted by Crippen LogP contribution is -2.08. The van der Waals surface area contributed by atoms with Gasteiger partial charge < -0.3 is 5.11 Å². The summed E-state index contributed by atoms with van der Waals surface area (Å²) in [6.45, 7) is 4.95. The van der Waals surface area contributed by atoms with Crippen LogP contribution in [0.25, 0.3) is 11.3 Å². The molecule has 0 fully saturated rings. The molecule has 0 aliphatic carbocycles. The van der Waals surface area contributed by atoms with E-state index in [1.807, 2.05) is 22.9 Å². The molecule has 6 nitrogen and oxygen atoms in total. The average molecular weight is 393 g/mol. The molecule has 2 heterocycles. The molecule has 0 aliphatic rings. The molecular formula is C23H28N4O2. The summed E-state index contributed by atoms with van der Waals surface area (Å²) in [5.74, 6) is 0.982. The van der Waals surface area contributed by atoms with Crippen molar-refractivity contribution in [1.29, 1.82) is 0 Å². The van der Waals surface area contributed by atoms with E-state index in [2.05, 4.69) is 18.8 Å². The molecule has 0 unspecified atom stereocenters. The fourth-order valence-corrected chi connectivity index (χ4v) is 3.34. The fourth-order valence-electron chi connectivity index (χ4n) is 3.34. The minimum absolute atomic E-state index is 0.256. The van der Waals surface area contributed by atoms with Gasteiger partial charge in [0.1, 0.15) is 5.82 Å². The van der Waals surface area contributed by atoms with Crippen molar-refractivity contribution in [2.45, 2.75) is 58.9 Å². The summed E-state index contributed by atoms with van der Waals surface area (Å²) in [5.41, 5.74) is 2.55. The van der Waals surface area contributed by atoms with Gasteiger partial charge in [0.15, 0.2) is 5.82 Å². The van der Waals surface area contributed by atoms with Gasteiger partial charge in [-0.2, -0.15) is 5.10 Å². The zero-order valence-electron chi connectivity index (χ0n) is 17.1. The van der Waals surface area contributed by atoms with Crippen LogP contribution in [-0.2, 0) is 19.4 Å². The van der Waals surface area contributed by atoms with E-state index in [9.17, 15) is 9.90 Å². The molecule has 6 heteroatoms. The molecule has 0 atom stereocenters. The molecule has 2 aromatic heterocycles. The summed E-state index contributed by atoms with van der Waals surface area (Å²) in [5, 5.41) is 14.1. The van der Waals surface area contributed by atoms with Crippen molar-refractivity contribution in [2.75, 3.05) is 0 Å². The topological polar surface area (TPSA) is 80.9 Å². The number of aromatic nitrogens is 4. The third-order valence-electron chi connectivity index (χ3n) is 4.86. The highest BCUT2D eigenvalue weighted by Crippen LogP contribution is 2.22. The summed E-state index contributed by atoms with van der Waals surface area (Å²) >= 11 is 0. The van der Waals surface area contributed by atoms with Crippen LogP contribution in [0.1, 0.15) is 67.1 Å². The van der Waals surface area contributed by atoms with Gasteiger partial charge >= 0.3 is 5.97 Å². The number of hydrogen-bond acceptors (Lipinski definition) is 4. The van der Waals surface area contributed by atoms with Gasteiger partial charge in [-0.1, -0.05) is 51.0 Å². The van der Waals surface area contributed by atoms with Gasteiger partial charge in [-0.3, -0.25) is 4.98 Å². The third-order valence-corrected chi connectivity index (χ3v) is 4.86. The van der Waals surface area contributed by atoms with Crippen molar-refractivity contribution in [3.63, 3.8) is 0 Å². The van der Waals surface area contributed by atoms with Crippen molar-refractivity contribution in [3.05, 3.63) is 65.4 Å². The standard InChI is InChI=1S/C23H28N4O2/c1-3-5-6-12-22-25-21(9-4-2)26-27(22)16-17-13-14-20(24-15-17)18-10-7-8-11-19(18)23(28)29/h7-8,10-11,13-15H,3-6,9,12,16H2,1-2H3,(H,28,29). The molecule has 0 aliphatic heterocycles. The highest BCUT2D eigenvalue weighted by atomic mass is 16.4. The normalized spacial score (nSPS) is 11.0. The van der Waals surface area contributed by atoms with E-state index in [1.54, 1.807) is 24.4 Å². The third kappa shape index (κ3) is 5.28. The lowest BCUT2D eigenvalue weighted by atomic mass is 10.0. The first-order valence-corrected chi connectivity index (χ1v) is 10.3. The summed E-state index contributed by atoms with van der Waals surface area (Å²) in [6.07, 6.45) is 8.12. The Morgan fingerprint density at radius 3 is 2.55 bits per heavy atom. The van der Waals surface area contributed by atoms with E-state index in [0.29, 0.717) is 17.8 Å². The van der Waals surface area contributed by atoms with E-state index < -0.39 is 5.97 Å². The Bertz CT molecular complexity index is 948. The predicted molar refractivity (Wildman–Crippen MR) is 113 cm³/mol. The van der Waals surface area contributed by atoms with Crippen LogP contribution < -0.4 is 0 Å². The molecule has 0 bridgehead atoms. The van der Waals surface area contributed by atoms with Crippen molar-refractivity contribution in [2.24, 2.45) is 0 Å². The Kier molecular flexibility index (Phi) is 7.11. The second-order valence-electron chi connectivity index (χ2n) is 7.21. The molecule has 0 radical (unpaired) electrons. The quantitative estimate of drug-likeness (QED) is 0.503. The maximum absolute atomic E-state index is 11.5. The van der Waals surface area contributed by atoms with Crippen LogP contribution in [0.15, 0.2) is 42.6 Å². The number of pyridine rings is 1. The van der Waals surface area contributed by atoms with Crippen LogP contribution in [0, 0.1) is 0 Å². The summed E-state index contributed by atoms with van der Waals surface area (Å²) < 4.78 is 1.99. The molecular weight excluding hydrogens is 364 g/mol. The first-order chi connectivity index (χ1) is 14.1. The second-order valence-corrected chi connectivity index (χ2v) is 7.21. The Hall–Kier alpha value is -3.02. The Labute approximate surface area is 171 Å². The van der Waals surface area contributed by atoms with Gasteiger partial charge in [0.25, 0.3) is 0 Å². The van der Waals surface area contributed by atoms with Crippen LogP contribution in [0.5, 0.6) is 0 Å². The smallest absolute Gasteiger partial charge is 0.336 e. The number of nitrogens with zero attached hydrogens (tertiary/aromatic N) is 4. The number of carbonyl (C=O) groups is 1. The van der Waals surface area contributed by atoms with Crippen LogP contribution >= 0.6 is 0 Å². The van der Waals surface area contributed by atoms with Gasteiger partial charge in [0.2, 0.25) is 0 Å². The van der Waals surface area contributed by atoms with E-state index in [4.69, 9.17) is 10.1 Å². The number of carboxylic acid groups (broad SMARTS) is 1. The van der Waals surface area contributed by atoms with E-state index >= 15 is 0 Å². The van der Waals surface area contributed by atoms with Gasteiger partial charge in [0, 0.05) is 24.6 Å². The second kappa shape index (κ2) is 9.96. The molecule has 3 aromatic rings. The Balaban J connectivity index is 1.80. The SMILES string of the molecule is CCCCCc1nc(CCC)nn1Cc1ccc(-c2ccccc2C(=O)O)nc1. The van der Waals surface area contributed by atoms with Crippen LogP contribution in [0.4, 0.5) is 0 Å². The van der Waals surface area contributed by atoms with Crippen molar-refractivity contribution < 1.29 is 9.90 Å². The lowest BCUT2D eigenvalue weighted by Gasteiger charge is -2.08. The molecule has 0 saturated carbocycles. The minimum atomic E-state index is -0.950. The number of unbranched alkanes of at least 4 members (excludes halogenated alkanes) is 2. The Morgan fingerprint density at radius 2 is 1.86 bits per heavy atom. The molecule has 29 heavy (non-hydrogen) atoms. The van der Waals surface area contributed by atoms with Crippen molar-refractivity contribution >= 4 is 5.97 Å². The Morgan fingerprint density at radius 1 is 1.03 bits per heavy atom. The highest BCUT2D eigenvalue weighted by molar-refractivity contribution is 5.95. The van der Waals surface area contributed by atoms with Gasteiger partial charge in [-0.15, -0.1) is 0 Å². The number of aromatic carboxylic acids is 1. The van der Waals surface area contributed by atoms with E-state index in [0.717, 1.165) is 42.9 Å². The largest absolute Gasteiger partial charge is 0.478 e. The number of carboxylic acids is 1. The van der Waals surface area contributed by atoms with Crippen LogP contribution in [0.3, 0.4) is 0 Å². The summed E-state index contributed by atoms with van der Waals surface area (Å²) in [6, 6.07) is 10.8. The van der Waals surface area contributed by atoms with Gasteiger partial charge in [0.05, 0.1) is 17.8 Å².